The molecular formula is C20H17F2N3O3. The van der Waals surface area contributed by atoms with Crippen LogP contribution < -0.4 is 10.6 Å². The number of benzene rings is 2. The van der Waals surface area contributed by atoms with Crippen molar-refractivity contribution in [1.29, 1.82) is 0 Å². The average Bonchev–Trinajstić information content (AvgIpc) is 2.85. The van der Waals surface area contributed by atoms with Crippen molar-refractivity contribution in [3.8, 4) is 0 Å². The molecule has 0 bridgehead atoms. The number of hydrogen-bond acceptors (Lipinski definition) is 3. The summed E-state index contributed by atoms with van der Waals surface area (Å²) in [4.78, 5) is 38.4. The molecule has 1 unspecified atom stereocenters. The summed E-state index contributed by atoms with van der Waals surface area (Å²) < 4.78 is 26.5. The van der Waals surface area contributed by atoms with E-state index in [0.29, 0.717) is 25.3 Å². The van der Waals surface area contributed by atoms with Gasteiger partial charge < -0.3 is 10.6 Å². The Morgan fingerprint density at radius 3 is 2.50 bits per heavy atom. The van der Waals surface area contributed by atoms with E-state index in [1.165, 1.54) is 0 Å². The second kappa shape index (κ2) is 6.70. The first-order valence-electron chi connectivity index (χ1n) is 8.83. The largest absolute Gasteiger partial charge is 0.325 e. The normalized spacial score (nSPS) is 20.9. The second-order valence-corrected chi connectivity index (χ2v) is 7.06. The van der Waals surface area contributed by atoms with Crippen LogP contribution in [0.2, 0.25) is 0 Å². The van der Waals surface area contributed by atoms with Crippen LogP contribution in [0.5, 0.6) is 0 Å². The second-order valence-electron chi connectivity index (χ2n) is 7.06. The Balaban J connectivity index is 1.48. The minimum absolute atomic E-state index is 0.0872. The molecule has 1 heterocycles. The monoisotopic (exact) mass is 385 g/mol. The number of anilines is 1. The number of rotatable bonds is 3. The van der Waals surface area contributed by atoms with Crippen molar-refractivity contribution in [3.63, 3.8) is 0 Å². The number of nitrogens with one attached hydrogen (secondary N) is 2. The molecule has 4 rings (SSSR count). The molecule has 2 aromatic rings. The van der Waals surface area contributed by atoms with Crippen molar-refractivity contribution in [2.75, 3.05) is 11.9 Å². The Labute approximate surface area is 159 Å². The average molecular weight is 385 g/mol. The van der Waals surface area contributed by atoms with Crippen molar-refractivity contribution in [2.45, 2.75) is 24.8 Å². The molecule has 1 fully saturated rings. The van der Waals surface area contributed by atoms with Crippen molar-refractivity contribution in [1.82, 2.24) is 10.2 Å². The predicted molar refractivity (Wildman–Crippen MR) is 96.4 cm³/mol. The van der Waals surface area contributed by atoms with E-state index in [-0.39, 0.29) is 5.69 Å². The number of hydrogen-bond donors (Lipinski definition) is 2. The van der Waals surface area contributed by atoms with Crippen LogP contribution in [0.1, 0.15) is 17.5 Å². The number of urea groups is 1. The van der Waals surface area contributed by atoms with E-state index in [9.17, 15) is 23.2 Å². The predicted octanol–water partition coefficient (Wildman–Crippen LogP) is 2.38. The molecule has 1 aliphatic heterocycles. The first-order valence-corrected chi connectivity index (χ1v) is 8.83. The zero-order valence-electron chi connectivity index (χ0n) is 14.8. The zero-order chi connectivity index (χ0) is 19.9. The Bertz CT molecular complexity index is 974. The molecule has 1 aliphatic carbocycles. The van der Waals surface area contributed by atoms with Gasteiger partial charge in [-0.3, -0.25) is 14.5 Å². The van der Waals surface area contributed by atoms with Crippen LogP contribution in [0.3, 0.4) is 0 Å². The molecule has 144 valence electrons. The fourth-order valence-electron chi connectivity index (χ4n) is 3.81. The smallest absolute Gasteiger partial charge is 0.324 e. The molecule has 2 aliphatic rings. The fraction of sp³-hybridized carbons (Fsp3) is 0.250. The molecule has 0 saturated carbocycles. The third kappa shape index (κ3) is 3.21. The number of carbonyl (C=O) groups excluding carboxylic acids is 3. The molecule has 1 spiro atoms. The van der Waals surface area contributed by atoms with Gasteiger partial charge in [-0.15, -0.1) is 0 Å². The molecule has 8 heteroatoms. The number of nitrogens with zero attached hydrogens (tertiary/aromatic N) is 1. The van der Waals surface area contributed by atoms with E-state index in [1.54, 1.807) is 0 Å². The van der Waals surface area contributed by atoms with E-state index in [4.69, 9.17) is 0 Å². The van der Waals surface area contributed by atoms with Crippen LogP contribution in [-0.2, 0) is 22.4 Å². The summed E-state index contributed by atoms with van der Waals surface area (Å²) >= 11 is 0. The van der Waals surface area contributed by atoms with Gasteiger partial charge in [-0.05, 0) is 36.1 Å². The Hall–Kier alpha value is -3.29. The van der Waals surface area contributed by atoms with Crippen molar-refractivity contribution in [3.05, 3.63) is 65.2 Å². The van der Waals surface area contributed by atoms with Crippen LogP contribution in [0.4, 0.5) is 19.3 Å². The van der Waals surface area contributed by atoms with Gasteiger partial charge in [0.25, 0.3) is 5.91 Å². The summed E-state index contributed by atoms with van der Waals surface area (Å²) in [6, 6.07) is 9.65. The van der Waals surface area contributed by atoms with Gasteiger partial charge in [0, 0.05) is 18.2 Å². The van der Waals surface area contributed by atoms with Crippen molar-refractivity contribution in [2.24, 2.45) is 0 Å². The Morgan fingerprint density at radius 2 is 1.79 bits per heavy atom. The summed E-state index contributed by atoms with van der Waals surface area (Å²) in [7, 11) is 0. The third-order valence-electron chi connectivity index (χ3n) is 5.13. The summed E-state index contributed by atoms with van der Waals surface area (Å²) in [6.45, 7) is -0.536. The molecule has 4 amide bonds. The topological polar surface area (TPSA) is 78.5 Å². The summed E-state index contributed by atoms with van der Waals surface area (Å²) in [5.74, 6) is -2.87. The van der Waals surface area contributed by atoms with Gasteiger partial charge in [0.05, 0.1) is 0 Å². The summed E-state index contributed by atoms with van der Waals surface area (Å²) in [5.41, 5.74) is 0.982. The first-order chi connectivity index (χ1) is 13.4. The van der Waals surface area contributed by atoms with Gasteiger partial charge in [0.2, 0.25) is 5.91 Å². The highest BCUT2D eigenvalue weighted by atomic mass is 19.1. The molecule has 2 aromatic carbocycles. The Kier molecular flexibility index (Phi) is 4.33. The first kappa shape index (κ1) is 18.1. The van der Waals surface area contributed by atoms with Gasteiger partial charge in [-0.1, -0.05) is 24.3 Å². The number of imide groups is 1. The van der Waals surface area contributed by atoms with Gasteiger partial charge in [0.1, 0.15) is 23.7 Å². The zero-order valence-corrected chi connectivity index (χ0v) is 14.8. The molecule has 2 N–H and O–H groups in total. The quantitative estimate of drug-likeness (QED) is 0.797. The lowest BCUT2D eigenvalue weighted by atomic mass is 9.78. The molecule has 6 nitrogen and oxygen atoms in total. The molecule has 0 aromatic heterocycles. The van der Waals surface area contributed by atoms with E-state index < -0.39 is 41.6 Å². The SMILES string of the molecule is O=C(CN1C(=O)NC2(CCc3ccccc3C2)C1=O)Nc1cc(F)cc(F)c1. The maximum Gasteiger partial charge on any atom is 0.325 e. The highest BCUT2D eigenvalue weighted by Gasteiger charge is 2.52. The van der Waals surface area contributed by atoms with Gasteiger partial charge in [-0.2, -0.15) is 0 Å². The lowest BCUT2D eigenvalue weighted by Gasteiger charge is -2.32. The van der Waals surface area contributed by atoms with Crippen molar-refractivity contribution >= 4 is 23.5 Å². The van der Waals surface area contributed by atoms with Crippen LogP contribution in [0, 0.1) is 11.6 Å². The molecule has 1 saturated heterocycles. The van der Waals surface area contributed by atoms with Crippen LogP contribution in [0.15, 0.2) is 42.5 Å². The molecular weight excluding hydrogens is 368 g/mol. The van der Waals surface area contributed by atoms with E-state index >= 15 is 0 Å². The van der Waals surface area contributed by atoms with Crippen LogP contribution in [0.25, 0.3) is 0 Å². The standard InChI is InChI=1S/C20H17F2N3O3/c21-14-7-15(22)9-16(8-14)23-17(26)11-25-18(27)20(24-19(25)28)6-5-12-3-1-2-4-13(12)10-20/h1-4,7-9H,5-6,10-11H2,(H,23,26)(H,24,28). The number of halogens is 2. The van der Waals surface area contributed by atoms with Gasteiger partial charge in [0.15, 0.2) is 0 Å². The summed E-state index contributed by atoms with van der Waals surface area (Å²) in [6.07, 6.45) is 1.45. The number of aryl methyl sites for hydroxylation is 1. The lowest BCUT2D eigenvalue weighted by molar-refractivity contribution is -0.134. The highest BCUT2D eigenvalue weighted by molar-refractivity contribution is 6.10. The van der Waals surface area contributed by atoms with E-state index in [1.807, 2.05) is 24.3 Å². The fourth-order valence-corrected chi connectivity index (χ4v) is 3.81. The molecule has 0 radical (unpaired) electrons. The Morgan fingerprint density at radius 1 is 1.11 bits per heavy atom. The van der Waals surface area contributed by atoms with Crippen LogP contribution in [-0.4, -0.2) is 34.8 Å². The van der Waals surface area contributed by atoms with E-state index in [0.717, 1.165) is 28.2 Å². The van der Waals surface area contributed by atoms with E-state index in [2.05, 4.69) is 10.6 Å². The van der Waals surface area contributed by atoms with Gasteiger partial charge in [-0.25, -0.2) is 13.6 Å². The minimum atomic E-state index is -1.06. The van der Waals surface area contributed by atoms with Crippen LogP contribution >= 0.6 is 0 Å². The molecule has 1 atom stereocenters. The third-order valence-corrected chi connectivity index (χ3v) is 5.13. The lowest BCUT2D eigenvalue weighted by Crippen LogP contribution is -2.51. The molecule has 28 heavy (non-hydrogen) atoms. The van der Waals surface area contributed by atoms with Gasteiger partial charge >= 0.3 is 6.03 Å². The maximum absolute atomic E-state index is 13.2. The number of amides is 4. The number of carbonyl (C=O) groups is 3. The highest BCUT2D eigenvalue weighted by Crippen LogP contribution is 2.33. The number of fused-ring (bicyclic) bond motifs is 1. The summed E-state index contributed by atoms with van der Waals surface area (Å²) in [5, 5.41) is 5.04. The van der Waals surface area contributed by atoms with Crippen molar-refractivity contribution < 1.29 is 23.2 Å². The minimum Gasteiger partial charge on any atom is -0.324 e. The maximum atomic E-state index is 13.2.